The molecule has 1 aromatic heterocycles. The molecule has 0 aliphatic rings. The third kappa shape index (κ3) is 7.46. The van der Waals surface area contributed by atoms with Gasteiger partial charge in [0.1, 0.15) is 6.04 Å². The highest BCUT2D eigenvalue weighted by atomic mass is 16.4. The summed E-state index contributed by atoms with van der Waals surface area (Å²) < 4.78 is 0. The minimum absolute atomic E-state index is 0.306. The fraction of sp³-hybridized carbons (Fsp3) is 0.478. The largest absolute Gasteiger partial charge is 0.480 e. The Morgan fingerprint density at radius 2 is 1.73 bits per heavy atom. The summed E-state index contributed by atoms with van der Waals surface area (Å²) in [5.74, 6) is -1.05. The topological polar surface area (TPSA) is 104 Å². The fourth-order valence-electron chi connectivity index (χ4n) is 3.05. The van der Waals surface area contributed by atoms with Gasteiger partial charge in [-0.2, -0.15) is 0 Å². The summed E-state index contributed by atoms with van der Waals surface area (Å²) in [5, 5.41) is 14.8. The molecule has 0 spiro atoms. The highest BCUT2D eigenvalue weighted by Crippen LogP contribution is 2.14. The van der Waals surface area contributed by atoms with Crippen molar-refractivity contribution in [3.05, 3.63) is 52.3 Å². The van der Waals surface area contributed by atoms with E-state index in [1.54, 1.807) is 20.8 Å². The average molecular weight is 415 g/mol. The second-order valence-electron chi connectivity index (χ2n) is 6.88. The summed E-state index contributed by atoms with van der Waals surface area (Å²) in [4.78, 5) is 32.3. The molecule has 1 atom stereocenters. The van der Waals surface area contributed by atoms with Gasteiger partial charge in [0.05, 0.1) is 17.0 Å². The van der Waals surface area contributed by atoms with Gasteiger partial charge in [0.2, 0.25) is 5.95 Å². The molecule has 0 aliphatic carbocycles. The number of benzene rings is 1. The summed E-state index contributed by atoms with van der Waals surface area (Å²) in [5.41, 5.74) is 3.91. The maximum atomic E-state index is 12.4. The highest BCUT2D eigenvalue weighted by Gasteiger charge is 2.22. The van der Waals surface area contributed by atoms with E-state index in [9.17, 15) is 9.59 Å². The molecule has 0 saturated carbocycles. The van der Waals surface area contributed by atoms with Crippen molar-refractivity contribution in [3.63, 3.8) is 0 Å². The van der Waals surface area contributed by atoms with Gasteiger partial charge in [0, 0.05) is 6.54 Å². The Morgan fingerprint density at radius 3 is 2.27 bits per heavy atom. The van der Waals surface area contributed by atoms with E-state index in [4.69, 9.17) is 5.11 Å². The monoisotopic (exact) mass is 414 g/mol. The van der Waals surface area contributed by atoms with Gasteiger partial charge < -0.3 is 15.7 Å². The number of carbonyl (C=O) groups is 2. The van der Waals surface area contributed by atoms with Gasteiger partial charge in [0.15, 0.2) is 0 Å². The third-order valence-corrected chi connectivity index (χ3v) is 4.52. The number of hydrogen-bond acceptors (Lipinski definition) is 5. The van der Waals surface area contributed by atoms with Gasteiger partial charge in [-0.25, -0.2) is 14.8 Å². The van der Waals surface area contributed by atoms with Crippen molar-refractivity contribution in [1.82, 2.24) is 15.3 Å². The summed E-state index contributed by atoms with van der Waals surface area (Å²) in [6, 6.07) is 7.51. The number of aryl methyl sites for hydroxylation is 4. The quantitative estimate of drug-likeness (QED) is 0.535. The third-order valence-electron chi connectivity index (χ3n) is 4.52. The molecule has 0 unspecified atom stereocenters. The lowest BCUT2D eigenvalue weighted by Crippen LogP contribution is -2.41. The normalized spacial score (nSPS) is 11.1. The molecule has 164 valence electrons. The van der Waals surface area contributed by atoms with Crippen molar-refractivity contribution in [2.24, 2.45) is 0 Å². The minimum atomic E-state index is -1.06. The molecular formula is C23H34N4O3. The van der Waals surface area contributed by atoms with Crippen LogP contribution in [0.15, 0.2) is 24.3 Å². The second-order valence-corrected chi connectivity index (χ2v) is 6.88. The van der Waals surface area contributed by atoms with E-state index in [0.29, 0.717) is 29.3 Å². The summed E-state index contributed by atoms with van der Waals surface area (Å²) in [6.07, 6.45) is 2.20. The SMILES string of the molecule is CC.CC[C@H](NC(=O)c1c(C)nc(NCCCc2cccc(C)c2)nc1C)C(=O)O. The number of carboxylic acids is 1. The molecule has 1 amide bonds. The zero-order valence-corrected chi connectivity index (χ0v) is 18.9. The van der Waals surface area contributed by atoms with Crippen LogP contribution in [0.4, 0.5) is 5.95 Å². The molecule has 0 bridgehead atoms. The zero-order chi connectivity index (χ0) is 22.7. The van der Waals surface area contributed by atoms with Gasteiger partial charge >= 0.3 is 5.97 Å². The standard InChI is InChI=1S/C21H28N4O3.C2H6/c1-5-17(20(27)28)25-19(26)18-14(3)23-21(24-15(18)4)22-11-7-10-16-9-6-8-13(2)12-16;1-2/h6,8-9,12,17H,5,7,10-11H2,1-4H3,(H,25,26)(H,27,28)(H,22,23,24);1-2H3/t17-;/m0./s1. The number of rotatable bonds is 9. The molecule has 2 rings (SSSR count). The second kappa shape index (κ2) is 12.6. The Labute approximate surface area is 179 Å². The molecule has 1 heterocycles. The summed E-state index contributed by atoms with van der Waals surface area (Å²) >= 11 is 0. The number of hydrogen-bond donors (Lipinski definition) is 3. The molecule has 0 saturated heterocycles. The van der Waals surface area contributed by atoms with E-state index in [2.05, 4.69) is 51.8 Å². The van der Waals surface area contributed by atoms with E-state index in [1.807, 2.05) is 13.8 Å². The van der Waals surface area contributed by atoms with E-state index in [1.165, 1.54) is 11.1 Å². The van der Waals surface area contributed by atoms with Crippen molar-refractivity contribution in [2.45, 2.75) is 66.8 Å². The predicted octanol–water partition coefficient (Wildman–Crippen LogP) is 4.07. The Bertz CT molecular complexity index is 829. The van der Waals surface area contributed by atoms with Crippen molar-refractivity contribution in [1.29, 1.82) is 0 Å². The van der Waals surface area contributed by atoms with Gasteiger partial charge in [0.25, 0.3) is 5.91 Å². The van der Waals surface area contributed by atoms with Gasteiger partial charge in [-0.15, -0.1) is 0 Å². The Kier molecular flexibility index (Phi) is 10.5. The van der Waals surface area contributed by atoms with Crippen LogP contribution < -0.4 is 10.6 Å². The molecule has 1 aromatic carbocycles. The van der Waals surface area contributed by atoms with Crippen LogP contribution in [0.5, 0.6) is 0 Å². The maximum Gasteiger partial charge on any atom is 0.326 e. The van der Waals surface area contributed by atoms with Crippen LogP contribution in [-0.2, 0) is 11.2 Å². The van der Waals surface area contributed by atoms with Crippen LogP contribution in [0.25, 0.3) is 0 Å². The number of aromatic nitrogens is 2. The van der Waals surface area contributed by atoms with Crippen molar-refractivity contribution in [2.75, 3.05) is 11.9 Å². The molecule has 0 fully saturated rings. The Balaban J connectivity index is 0.00000218. The first-order valence-corrected chi connectivity index (χ1v) is 10.5. The lowest BCUT2D eigenvalue weighted by Gasteiger charge is -2.15. The van der Waals surface area contributed by atoms with E-state index < -0.39 is 17.9 Å². The van der Waals surface area contributed by atoms with Crippen LogP contribution in [-0.4, -0.2) is 39.5 Å². The predicted molar refractivity (Wildman–Crippen MR) is 120 cm³/mol. The number of aliphatic carboxylic acids is 1. The molecular weight excluding hydrogens is 380 g/mol. The van der Waals surface area contributed by atoms with E-state index in [-0.39, 0.29) is 0 Å². The maximum absolute atomic E-state index is 12.4. The lowest BCUT2D eigenvalue weighted by atomic mass is 10.1. The smallest absolute Gasteiger partial charge is 0.326 e. The number of nitrogens with zero attached hydrogens (tertiary/aromatic N) is 2. The molecule has 0 radical (unpaired) electrons. The van der Waals surface area contributed by atoms with Gasteiger partial charge in [-0.1, -0.05) is 50.6 Å². The van der Waals surface area contributed by atoms with E-state index >= 15 is 0 Å². The number of anilines is 1. The van der Waals surface area contributed by atoms with Crippen LogP contribution in [0.1, 0.15) is 66.5 Å². The van der Waals surface area contributed by atoms with E-state index in [0.717, 1.165) is 19.4 Å². The molecule has 7 heteroatoms. The average Bonchev–Trinajstić information content (AvgIpc) is 2.70. The van der Waals surface area contributed by atoms with Gasteiger partial charge in [-0.05, 0) is 45.6 Å². The summed E-state index contributed by atoms with van der Waals surface area (Å²) in [7, 11) is 0. The first-order valence-electron chi connectivity index (χ1n) is 10.5. The molecule has 30 heavy (non-hydrogen) atoms. The van der Waals surface area contributed by atoms with Crippen molar-refractivity contribution in [3.8, 4) is 0 Å². The van der Waals surface area contributed by atoms with Crippen LogP contribution >= 0.6 is 0 Å². The Hall–Kier alpha value is -2.96. The number of carboxylic acid groups (broad SMARTS) is 1. The van der Waals surface area contributed by atoms with Crippen molar-refractivity contribution < 1.29 is 14.7 Å². The van der Waals surface area contributed by atoms with Crippen LogP contribution in [0.3, 0.4) is 0 Å². The fourth-order valence-corrected chi connectivity index (χ4v) is 3.05. The number of amides is 1. The van der Waals surface area contributed by atoms with Gasteiger partial charge in [-0.3, -0.25) is 4.79 Å². The molecule has 2 aromatic rings. The van der Waals surface area contributed by atoms with Crippen LogP contribution in [0, 0.1) is 20.8 Å². The number of nitrogens with one attached hydrogen (secondary N) is 2. The lowest BCUT2D eigenvalue weighted by molar-refractivity contribution is -0.139. The summed E-state index contributed by atoms with van der Waals surface area (Å²) in [6.45, 7) is 12.0. The highest BCUT2D eigenvalue weighted by molar-refractivity contribution is 5.98. The minimum Gasteiger partial charge on any atom is -0.480 e. The molecule has 7 nitrogen and oxygen atoms in total. The Morgan fingerprint density at radius 1 is 1.10 bits per heavy atom. The van der Waals surface area contributed by atoms with Crippen LogP contribution in [0.2, 0.25) is 0 Å². The first-order chi connectivity index (χ1) is 14.3. The zero-order valence-electron chi connectivity index (χ0n) is 18.9. The number of carbonyl (C=O) groups excluding carboxylic acids is 1. The molecule has 3 N–H and O–H groups in total. The first kappa shape index (κ1) is 25.1. The molecule has 0 aliphatic heterocycles. The van der Waals surface area contributed by atoms with Crippen molar-refractivity contribution >= 4 is 17.8 Å².